The van der Waals surface area contributed by atoms with Crippen LogP contribution < -0.4 is 19.9 Å². The molecule has 11 heteroatoms. The number of aliphatic hydroxyl groups excluding tert-OH is 1. The second kappa shape index (κ2) is 13.8. The predicted molar refractivity (Wildman–Crippen MR) is 167 cm³/mol. The second-order valence-corrected chi connectivity index (χ2v) is 10.8. The van der Waals surface area contributed by atoms with Gasteiger partial charge in [-0.3, -0.25) is 5.32 Å². The van der Waals surface area contributed by atoms with E-state index in [1.54, 1.807) is 12.3 Å². The number of hydrogen-bond donors (Lipinski definition) is 2. The van der Waals surface area contributed by atoms with Crippen LogP contribution >= 0.6 is 0 Å². The molecule has 1 fully saturated rings. The maximum atomic E-state index is 13.5. The van der Waals surface area contributed by atoms with E-state index in [1.165, 1.54) is 12.1 Å². The molecule has 1 aliphatic heterocycles. The minimum Gasteiger partial charge on any atom is -0.450 e. The number of para-hydroxylation sites is 2. The van der Waals surface area contributed by atoms with Crippen LogP contribution in [0.2, 0.25) is 0 Å². The number of rotatable bonds is 12. The van der Waals surface area contributed by atoms with Gasteiger partial charge >= 0.3 is 0 Å². The number of halogens is 1. The van der Waals surface area contributed by atoms with Crippen LogP contribution in [0.5, 0.6) is 5.88 Å². The van der Waals surface area contributed by atoms with E-state index in [4.69, 9.17) is 14.5 Å². The summed E-state index contributed by atoms with van der Waals surface area (Å²) < 4.78 is 26.7. The lowest BCUT2D eigenvalue weighted by Gasteiger charge is -2.37. The number of hydrogen-bond acceptors (Lipinski definition) is 9. The van der Waals surface area contributed by atoms with Crippen molar-refractivity contribution < 1.29 is 19.0 Å². The van der Waals surface area contributed by atoms with Gasteiger partial charge in [0.15, 0.2) is 6.79 Å². The van der Waals surface area contributed by atoms with Gasteiger partial charge in [-0.15, -0.1) is 0 Å². The molecule has 5 aromatic rings. The Hall–Kier alpha value is -4.58. The summed E-state index contributed by atoms with van der Waals surface area (Å²) >= 11 is 0. The summed E-state index contributed by atoms with van der Waals surface area (Å²) in [7, 11) is 2.00. The van der Waals surface area contributed by atoms with Crippen molar-refractivity contribution in [2.75, 3.05) is 36.7 Å². The summed E-state index contributed by atoms with van der Waals surface area (Å²) in [5.74, 6) is 1.61. The lowest BCUT2D eigenvalue weighted by Crippen LogP contribution is -2.44. The molecule has 0 aliphatic carbocycles. The van der Waals surface area contributed by atoms with Gasteiger partial charge in [0.1, 0.15) is 5.82 Å². The zero-order valence-electron chi connectivity index (χ0n) is 24.6. The molecule has 6 rings (SSSR count). The summed E-state index contributed by atoms with van der Waals surface area (Å²) in [6, 6.07) is 26.4. The standard InChI is InChI=1S/C33H36FN7O3/c1-39(31-35-18-15-30(38-31)43-23-44-33(42)36-21-24-7-3-2-4-8-24)27-16-19-40(20-17-27)32-37-28-9-5-6-10-29(28)41(32)22-25-11-13-26(34)14-12-25/h2-15,18,27,33,36,42H,16-17,19-23H2,1H3. The predicted octanol–water partition coefficient (Wildman–Crippen LogP) is 4.54. The highest BCUT2D eigenvalue weighted by Crippen LogP contribution is 2.28. The minimum atomic E-state index is -1.17. The van der Waals surface area contributed by atoms with Crippen LogP contribution in [0, 0.1) is 5.82 Å². The summed E-state index contributed by atoms with van der Waals surface area (Å²) in [6.45, 7) is 2.55. The Kier molecular flexibility index (Phi) is 9.25. The highest BCUT2D eigenvalue weighted by molar-refractivity contribution is 5.79. The van der Waals surface area contributed by atoms with E-state index in [2.05, 4.69) is 35.7 Å². The van der Waals surface area contributed by atoms with Crippen molar-refractivity contribution in [1.29, 1.82) is 0 Å². The zero-order chi connectivity index (χ0) is 30.3. The smallest absolute Gasteiger partial charge is 0.228 e. The molecule has 1 unspecified atom stereocenters. The van der Waals surface area contributed by atoms with Crippen molar-refractivity contribution in [2.45, 2.75) is 38.4 Å². The molecule has 1 saturated heterocycles. The van der Waals surface area contributed by atoms with E-state index in [-0.39, 0.29) is 18.7 Å². The van der Waals surface area contributed by atoms with Gasteiger partial charge in [0.05, 0.1) is 17.6 Å². The summed E-state index contributed by atoms with van der Waals surface area (Å²) in [4.78, 5) is 18.4. The van der Waals surface area contributed by atoms with Crippen molar-refractivity contribution in [3.8, 4) is 5.88 Å². The van der Waals surface area contributed by atoms with E-state index < -0.39 is 6.41 Å². The number of nitrogens with one attached hydrogen (secondary N) is 1. The molecule has 0 bridgehead atoms. The molecule has 0 amide bonds. The Morgan fingerprint density at radius 2 is 1.70 bits per heavy atom. The van der Waals surface area contributed by atoms with Gasteiger partial charge in [-0.25, -0.2) is 14.4 Å². The van der Waals surface area contributed by atoms with Crippen molar-refractivity contribution in [2.24, 2.45) is 0 Å². The highest BCUT2D eigenvalue weighted by Gasteiger charge is 2.27. The lowest BCUT2D eigenvalue weighted by molar-refractivity contribution is -0.160. The summed E-state index contributed by atoms with van der Waals surface area (Å²) in [6.07, 6.45) is 2.28. The fraction of sp³-hybridized carbons (Fsp3) is 0.303. The molecule has 3 aromatic carbocycles. The number of aliphatic hydroxyl groups is 1. The van der Waals surface area contributed by atoms with Crippen LogP contribution in [0.4, 0.5) is 16.3 Å². The highest BCUT2D eigenvalue weighted by atomic mass is 19.1. The fourth-order valence-electron chi connectivity index (χ4n) is 5.45. The molecule has 3 heterocycles. The largest absolute Gasteiger partial charge is 0.450 e. The Balaban J connectivity index is 1.04. The van der Waals surface area contributed by atoms with E-state index in [1.807, 2.05) is 67.7 Å². The summed E-state index contributed by atoms with van der Waals surface area (Å²) in [5, 5.41) is 13.0. The third kappa shape index (κ3) is 7.13. The molecule has 0 saturated carbocycles. The molecule has 1 atom stereocenters. The number of ether oxygens (including phenoxy) is 2. The maximum Gasteiger partial charge on any atom is 0.228 e. The molecular formula is C33H36FN7O3. The van der Waals surface area contributed by atoms with Crippen LogP contribution in [-0.2, 0) is 17.8 Å². The van der Waals surface area contributed by atoms with Crippen LogP contribution in [0.3, 0.4) is 0 Å². The van der Waals surface area contributed by atoms with E-state index in [9.17, 15) is 9.50 Å². The normalized spacial score (nSPS) is 14.6. The van der Waals surface area contributed by atoms with E-state index in [0.717, 1.165) is 54.0 Å². The Morgan fingerprint density at radius 3 is 2.50 bits per heavy atom. The average Bonchev–Trinajstić information content (AvgIpc) is 3.43. The molecule has 1 aliphatic rings. The van der Waals surface area contributed by atoms with Crippen LogP contribution in [0.15, 0.2) is 91.1 Å². The topological polar surface area (TPSA) is 101 Å². The molecular weight excluding hydrogens is 561 g/mol. The first-order valence-electron chi connectivity index (χ1n) is 14.7. The second-order valence-electron chi connectivity index (χ2n) is 10.8. The Bertz CT molecular complexity index is 1640. The van der Waals surface area contributed by atoms with Crippen molar-refractivity contribution >= 4 is 22.9 Å². The van der Waals surface area contributed by atoms with Crippen molar-refractivity contribution in [3.63, 3.8) is 0 Å². The first kappa shape index (κ1) is 29.5. The average molecular weight is 598 g/mol. The minimum absolute atomic E-state index is 0.166. The van der Waals surface area contributed by atoms with Gasteiger partial charge < -0.3 is 28.9 Å². The number of benzene rings is 3. The molecule has 10 nitrogen and oxygen atoms in total. The van der Waals surface area contributed by atoms with Crippen LogP contribution in [-0.4, -0.2) is 64.0 Å². The fourth-order valence-corrected chi connectivity index (χ4v) is 5.45. The van der Waals surface area contributed by atoms with Gasteiger partial charge in [-0.05, 0) is 48.2 Å². The number of piperidine rings is 1. The molecule has 44 heavy (non-hydrogen) atoms. The van der Waals surface area contributed by atoms with Gasteiger partial charge in [0.25, 0.3) is 0 Å². The van der Waals surface area contributed by atoms with Crippen LogP contribution in [0.1, 0.15) is 24.0 Å². The first-order valence-corrected chi connectivity index (χ1v) is 14.7. The quantitative estimate of drug-likeness (QED) is 0.201. The Morgan fingerprint density at radius 1 is 0.955 bits per heavy atom. The monoisotopic (exact) mass is 597 g/mol. The maximum absolute atomic E-state index is 13.5. The van der Waals surface area contributed by atoms with Crippen molar-refractivity contribution in [3.05, 3.63) is 108 Å². The molecule has 0 spiro atoms. The third-order valence-electron chi connectivity index (χ3n) is 7.87. The number of fused-ring (bicyclic) bond motifs is 1. The molecule has 2 aromatic heterocycles. The van der Waals surface area contributed by atoms with Gasteiger partial charge in [0, 0.05) is 45.0 Å². The number of imidazole rings is 1. The molecule has 228 valence electrons. The van der Waals surface area contributed by atoms with E-state index in [0.29, 0.717) is 24.9 Å². The first-order chi connectivity index (χ1) is 21.5. The summed E-state index contributed by atoms with van der Waals surface area (Å²) in [5.41, 5.74) is 4.05. The van der Waals surface area contributed by atoms with Gasteiger partial charge in [0.2, 0.25) is 24.2 Å². The Labute approximate surface area is 255 Å². The van der Waals surface area contributed by atoms with Gasteiger partial charge in [-0.1, -0.05) is 54.6 Å². The number of anilines is 2. The van der Waals surface area contributed by atoms with Gasteiger partial charge in [-0.2, -0.15) is 4.98 Å². The van der Waals surface area contributed by atoms with Crippen LogP contribution in [0.25, 0.3) is 11.0 Å². The lowest BCUT2D eigenvalue weighted by atomic mass is 10.0. The molecule has 0 radical (unpaired) electrons. The zero-order valence-corrected chi connectivity index (χ0v) is 24.6. The van der Waals surface area contributed by atoms with E-state index >= 15 is 0 Å². The SMILES string of the molecule is CN(c1nccc(OCOC(O)NCc2ccccc2)n1)C1CCN(c2nc3ccccc3n2Cc2ccc(F)cc2)CC1. The molecule has 2 N–H and O–H groups in total. The third-order valence-corrected chi connectivity index (χ3v) is 7.87. The van der Waals surface area contributed by atoms with Crippen molar-refractivity contribution in [1.82, 2.24) is 24.8 Å². The number of nitrogens with zero attached hydrogens (tertiary/aromatic N) is 6. The number of aromatic nitrogens is 4.